The first-order valence-electron chi connectivity index (χ1n) is 9.60. The summed E-state index contributed by atoms with van der Waals surface area (Å²) >= 11 is 8.99. The molecule has 26 heavy (non-hydrogen) atoms. The third-order valence-electron chi connectivity index (χ3n) is 5.58. The minimum absolute atomic E-state index is 0.0350. The largest absolute Gasteiger partial charge is 0.324 e. The van der Waals surface area contributed by atoms with Gasteiger partial charge in [-0.25, -0.2) is 0 Å². The van der Waals surface area contributed by atoms with E-state index < -0.39 is 0 Å². The molecule has 0 saturated heterocycles. The van der Waals surface area contributed by atoms with Crippen LogP contribution < -0.4 is 10.6 Å². The van der Waals surface area contributed by atoms with Gasteiger partial charge >= 0.3 is 0 Å². The van der Waals surface area contributed by atoms with Crippen LogP contribution in [0.15, 0.2) is 24.3 Å². The number of para-hydroxylation sites is 2. The summed E-state index contributed by atoms with van der Waals surface area (Å²) in [6, 6.07) is 7.45. The molecule has 2 aliphatic carbocycles. The Balaban J connectivity index is 1.61. The van der Waals surface area contributed by atoms with Gasteiger partial charge < -0.3 is 10.6 Å². The van der Waals surface area contributed by atoms with E-state index >= 15 is 0 Å². The summed E-state index contributed by atoms with van der Waals surface area (Å²) in [6.07, 6.45) is 7.42. The van der Waals surface area contributed by atoms with Crippen molar-refractivity contribution in [2.45, 2.75) is 61.9 Å². The molecule has 0 bridgehead atoms. The fraction of sp³-hybridized carbons (Fsp3) is 0.600. The van der Waals surface area contributed by atoms with Gasteiger partial charge in [0, 0.05) is 22.3 Å². The Morgan fingerprint density at radius 2 is 1.04 bits per heavy atom. The molecule has 2 amide bonds. The number of rotatable bonds is 4. The molecule has 2 saturated carbocycles. The minimum atomic E-state index is 0.0350. The number of anilines is 2. The first-order valence-corrected chi connectivity index (χ1v) is 10.6. The number of nitrogens with one attached hydrogen (secondary N) is 2. The summed E-state index contributed by atoms with van der Waals surface area (Å²) in [4.78, 5) is 25.2. The van der Waals surface area contributed by atoms with E-state index in [1.165, 1.54) is 0 Å². The quantitative estimate of drug-likeness (QED) is 0.569. The van der Waals surface area contributed by atoms with Crippen LogP contribution in [0.25, 0.3) is 0 Å². The second-order valence-electron chi connectivity index (χ2n) is 7.53. The zero-order valence-electron chi connectivity index (χ0n) is 15.0. The van der Waals surface area contributed by atoms with Crippen LogP contribution in [0.1, 0.15) is 51.4 Å². The van der Waals surface area contributed by atoms with E-state index in [2.05, 4.69) is 35.9 Å². The van der Waals surface area contributed by atoms with Crippen LogP contribution in [0.2, 0.25) is 0 Å². The lowest BCUT2D eigenvalue weighted by Gasteiger charge is -2.26. The topological polar surface area (TPSA) is 58.2 Å². The average molecular weight is 393 g/mol. The lowest BCUT2D eigenvalue weighted by atomic mass is 9.88. The predicted octanol–water partition coefficient (Wildman–Crippen LogP) is 4.54. The van der Waals surface area contributed by atoms with Gasteiger partial charge in [0.15, 0.2) is 0 Å². The monoisotopic (exact) mass is 392 g/mol. The smallest absolute Gasteiger partial charge is 0.227 e. The van der Waals surface area contributed by atoms with Crippen LogP contribution in [-0.2, 0) is 9.59 Å². The average Bonchev–Trinajstić information content (AvgIpc) is 2.64. The Labute approximate surface area is 166 Å². The molecule has 0 atom stereocenters. The van der Waals surface area contributed by atoms with E-state index in [0.29, 0.717) is 21.9 Å². The molecule has 0 spiro atoms. The molecule has 4 nitrogen and oxygen atoms in total. The SMILES string of the molecule is O=C(Nc1ccccc1NC(=O)C1CCC(S)CC1)C1CCC(S)CC1. The van der Waals surface area contributed by atoms with E-state index in [-0.39, 0.29) is 23.7 Å². The Morgan fingerprint density at radius 3 is 1.38 bits per heavy atom. The highest BCUT2D eigenvalue weighted by atomic mass is 32.1. The molecule has 0 aromatic heterocycles. The summed E-state index contributed by atoms with van der Waals surface area (Å²) in [7, 11) is 0. The number of thiol groups is 2. The molecule has 1 aromatic carbocycles. The van der Waals surface area contributed by atoms with Crippen molar-refractivity contribution >= 4 is 48.4 Å². The van der Waals surface area contributed by atoms with Gasteiger partial charge in [-0.3, -0.25) is 9.59 Å². The maximum absolute atomic E-state index is 12.6. The Kier molecular flexibility index (Phi) is 6.92. The fourth-order valence-electron chi connectivity index (χ4n) is 3.85. The zero-order valence-corrected chi connectivity index (χ0v) is 16.8. The Morgan fingerprint density at radius 1 is 0.692 bits per heavy atom. The number of carbonyl (C=O) groups excluding carboxylic acids is 2. The fourth-order valence-corrected chi connectivity index (χ4v) is 4.44. The summed E-state index contributed by atoms with van der Waals surface area (Å²) in [5.41, 5.74) is 1.36. The molecule has 0 unspecified atom stereocenters. The van der Waals surface area contributed by atoms with Crippen molar-refractivity contribution in [1.29, 1.82) is 0 Å². The van der Waals surface area contributed by atoms with Gasteiger partial charge in [-0.15, -0.1) is 0 Å². The Bertz CT molecular complexity index is 581. The molecule has 2 N–H and O–H groups in total. The minimum Gasteiger partial charge on any atom is -0.324 e. The van der Waals surface area contributed by atoms with Gasteiger partial charge in [0.05, 0.1) is 11.4 Å². The van der Waals surface area contributed by atoms with Crippen molar-refractivity contribution in [2.24, 2.45) is 11.8 Å². The highest BCUT2D eigenvalue weighted by Crippen LogP contribution is 2.31. The van der Waals surface area contributed by atoms with Crippen molar-refractivity contribution in [2.75, 3.05) is 10.6 Å². The first-order chi connectivity index (χ1) is 12.5. The van der Waals surface area contributed by atoms with Crippen molar-refractivity contribution in [1.82, 2.24) is 0 Å². The first kappa shape index (κ1) is 19.6. The molecule has 0 aliphatic heterocycles. The maximum atomic E-state index is 12.6. The molecule has 2 aliphatic rings. The van der Waals surface area contributed by atoms with Gasteiger partial charge in [0.25, 0.3) is 0 Å². The van der Waals surface area contributed by atoms with Crippen LogP contribution in [0, 0.1) is 11.8 Å². The summed E-state index contributed by atoms with van der Waals surface area (Å²) in [5.74, 6) is 0.158. The highest BCUT2D eigenvalue weighted by molar-refractivity contribution is 7.81. The molecule has 142 valence electrons. The molecular weight excluding hydrogens is 364 g/mol. The molecular formula is C20H28N2O2S2. The second kappa shape index (κ2) is 9.18. The molecule has 6 heteroatoms. The molecule has 1 aromatic rings. The van der Waals surface area contributed by atoms with E-state index in [1.807, 2.05) is 24.3 Å². The lowest BCUT2D eigenvalue weighted by Crippen LogP contribution is -2.29. The molecule has 0 radical (unpaired) electrons. The molecule has 3 rings (SSSR count). The normalized spacial score (nSPS) is 29.0. The summed E-state index contributed by atoms with van der Waals surface area (Å²) < 4.78 is 0. The van der Waals surface area contributed by atoms with Crippen LogP contribution in [0.3, 0.4) is 0 Å². The van der Waals surface area contributed by atoms with E-state index in [0.717, 1.165) is 51.4 Å². The number of hydrogen-bond acceptors (Lipinski definition) is 4. The highest BCUT2D eigenvalue weighted by Gasteiger charge is 2.27. The van der Waals surface area contributed by atoms with Crippen LogP contribution in [-0.4, -0.2) is 22.3 Å². The van der Waals surface area contributed by atoms with Crippen molar-refractivity contribution in [3.8, 4) is 0 Å². The van der Waals surface area contributed by atoms with E-state index in [4.69, 9.17) is 0 Å². The van der Waals surface area contributed by atoms with E-state index in [9.17, 15) is 9.59 Å². The Hall–Kier alpha value is -1.14. The summed E-state index contributed by atoms with van der Waals surface area (Å²) in [6.45, 7) is 0. The van der Waals surface area contributed by atoms with Gasteiger partial charge in [-0.05, 0) is 63.5 Å². The van der Waals surface area contributed by atoms with Gasteiger partial charge in [-0.1, -0.05) is 12.1 Å². The number of hydrogen-bond donors (Lipinski definition) is 4. The third-order valence-corrected chi connectivity index (χ3v) is 6.61. The van der Waals surface area contributed by atoms with Crippen LogP contribution >= 0.6 is 25.3 Å². The van der Waals surface area contributed by atoms with Crippen molar-refractivity contribution in [3.63, 3.8) is 0 Å². The zero-order chi connectivity index (χ0) is 18.5. The van der Waals surface area contributed by atoms with Crippen molar-refractivity contribution < 1.29 is 9.59 Å². The number of carbonyl (C=O) groups is 2. The van der Waals surface area contributed by atoms with Crippen LogP contribution in [0.4, 0.5) is 11.4 Å². The van der Waals surface area contributed by atoms with Gasteiger partial charge in [0.2, 0.25) is 11.8 Å². The van der Waals surface area contributed by atoms with Crippen molar-refractivity contribution in [3.05, 3.63) is 24.3 Å². The number of amides is 2. The van der Waals surface area contributed by atoms with Crippen LogP contribution in [0.5, 0.6) is 0 Å². The molecule has 0 heterocycles. The second-order valence-corrected chi connectivity index (χ2v) is 9.00. The summed E-state index contributed by atoms with van der Waals surface area (Å²) in [5, 5.41) is 6.87. The third kappa shape index (κ3) is 5.19. The lowest BCUT2D eigenvalue weighted by molar-refractivity contribution is -0.121. The predicted molar refractivity (Wildman–Crippen MR) is 113 cm³/mol. The standard InChI is InChI=1S/C20H28N2O2S2/c23-19(13-5-9-15(25)10-6-13)21-17-3-1-2-4-18(17)22-20(24)14-7-11-16(26)12-8-14/h1-4,13-16,25-26H,5-12H2,(H,21,23)(H,22,24). The van der Waals surface area contributed by atoms with E-state index in [1.54, 1.807) is 0 Å². The number of benzene rings is 1. The van der Waals surface area contributed by atoms with Gasteiger partial charge in [-0.2, -0.15) is 25.3 Å². The maximum Gasteiger partial charge on any atom is 0.227 e. The molecule has 2 fully saturated rings. The van der Waals surface area contributed by atoms with Gasteiger partial charge in [0.1, 0.15) is 0 Å².